The number of nitrogens with one attached hydrogen (secondary N) is 1. The molecule has 3 heterocycles. The molecule has 0 unspecified atom stereocenters. The van der Waals surface area contributed by atoms with Crippen LogP contribution in [0.15, 0.2) is 67.0 Å². The number of nitrogens with zero attached hydrogens (tertiary/aromatic N) is 6. The number of anilines is 2. The quantitative estimate of drug-likeness (QED) is 0.365. The molecule has 0 bridgehead atoms. The minimum atomic E-state index is -0.421. The lowest BCUT2D eigenvalue weighted by molar-refractivity contribution is 0.462. The molecule has 160 valence electrons. The van der Waals surface area contributed by atoms with Gasteiger partial charge in [0.1, 0.15) is 28.8 Å². The topological polar surface area (TPSA) is 119 Å². The van der Waals surface area contributed by atoms with Gasteiger partial charge in [0.25, 0.3) is 0 Å². The van der Waals surface area contributed by atoms with E-state index in [1.807, 2.05) is 19.1 Å². The van der Waals surface area contributed by atoms with E-state index in [-0.39, 0.29) is 11.8 Å². The second-order valence-corrected chi connectivity index (χ2v) is 7.34. The van der Waals surface area contributed by atoms with Gasteiger partial charge in [0, 0.05) is 11.3 Å². The average Bonchev–Trinajstić information content (AvgIpc) is 3.42. The summed E-state index contributed by atoms with van der Waals surface area (Å²) in [7, 11) is 0. The minimum absolute atomic E-state index is 0.00830. The summed E-state index contributed by atoms with van der Waals surface area (Å²) in [5.74, 6) is 0.111. The maximum Gasteiger partial charge on any atom is 0.154 e. The van der Waals surface area contributed by atoms with Gasteiger partial charge in [-0.2, -0.15) is 0 Å². The van der Waals surface area contributed by atoms with Crippen LogP contribution < -0.4 is 11.1 Å². The summed E-state index contributed by atoms with van der Waals surface area (Å²) in [4.78, 5) is 4.38. The van der Waals surface area contributed by atoms with Crippen LogP contribution in [0.5, 0.6) is 5.75 Å². The SMILES string of the molecule is C[C@@H](Nc1ccc2ncc(-c3cn(-c4cccc(N)c4)nn3)n2n1)c1cc(F)ccc1O. The zero-order chi connectivity index (χ0) is 22.2. The Hall–Kier alpha value is -4.47. The van der Waals surface area contributed by atoms with Crippen molar-refractivity contribution >= 4 is 17.2 Å². The Morgan fingerprint density at radius 3 is 2.84 bits per heavy atom. The summed E-state index contributed by atoms with van der Waals surface area (Å²) >= 11 is 0. The third-order valence-electron chi connectivity index (χ3n) is 5.07. The molecule has 0 aliphatic rings. The molecule has 5 rings (SSSR count). The maximum atomic E-state index is 13.6. The monoisotopic (exact) mass is 430 g/mol. The Kier molecular flexibility index (Phi) is 4.66. The molecule has 5 aromatic rings. The van der Waals surface area contributed by atoms with Crippen LogP contribution in [0, 0.1) is 5.82 Å². The molecule has 9 nitrogen and oxygen atoms in total. The van der Waals surface area contributed by atoms with Crippen LogP contribution >= 0.6 is 0 Å². The van der Waals surface area contributed by atoms with Gasteiger partial charge in [-0.25, -0.2) is 18.6 Å². The van der Waals surface area contributed by atoms with Crippen molar-refractivity contribution in [3.63, 3.8) is 0 Å². The van der Waals surface area contributed by atoms with Gasteiger partial charge in [-0.1, -0.05) is 11.3 Å². The lowest BCUT2D eigenvalue weighted by Gasteiger charge is -2.16. The Labute approximate surface area is 182 Å². The van der Waals surface area contributed by atoms with Crippen LogP contribution in [0.2, 0.25) is 0 Å². The molecule has 0 saturated heterocycles. The fourth-order valence-corrected chi connectivity index (χ4v) is 3.47. The van der Waals surface area contributed by atoms with E-state index in [0.717, 1.165) is 5.69 Å². The average molecular weight is 430 g/mol. The zero-order valence-corrected chi connectivity index (χ0v) is 17.0. The van der Waals surface area contributed by atoms with Crippen LogP contribution in [0.25, 0.3) is 22.7 Å². The molecule has 0 aliphatic carbocycles. The summed E-state index contributed by atoms with van der Waals surface area (Å²) in [6, 6.07) is 14.4. The molecule has 0 spiro atoms. The number of hydrogen-bond donors (Lipinski definition) is 3. The smallest absolute Gasteiger partial charge is 0.154 e. The van der Waals surface area contributed by atoms with E-state index < -0.39 is 5.82 Å². The number of phenols is 1. The summed E-state index contributed by atoms with van der Waals surface area (Å²) in [6.45, 7) is 1.81. The van der Waals surface area contributed by atoms with Crippen molar-refractivity contribution < 1.29 is 9.50 Å². The number of halogens is 1. The molecular formula is C22H19FN8O. The number of nitrogen functional groups attached to an aromatic ring is 1. The molecule has 3 aromatic heterocycles. The Morgan fingerprint density at radius 1 is 1.12 bits per heavy atom. The Bertz CT molecular complexity index is 1430. The third kappa shape index (κ3) is 3.58. The number of phenolic OH excluding ortho intramolecular Hbond substituents is 1. The van der Waals surface area contributed by atoms with Gasteiger partial charge in [-0.15, -0.1) is 10.2 Å². The van der Waals surface area contributed by atoms with Gasteiger partial charge >= 0.3 is 0 Å². The summed E-state index contributed by atoms with van der Waals surface area (Å²) < 4.78 is 16.9. The van der Waals surface area contributed by atoms with Crippen molar-refractivity contribution in [3.8, 4) is 22.8 Å². The van der Waals surface area contributed by atoms with Crippen molar-refractivity contribution in [3.05, 3.63) is 78.4 Å². The van der Waals surface area contributed by atoms with E-state index in [9.17, 15) is 9.50 Å². The number of aromatic nitrogens is 6. The van der Waals surface area contributed by atoms with Gasteiger partial charge in [0.15, 0.2) is 5.65 Å². The van der Waals surface area contributed by atoms with Crippen molar-refractivity contribution in [2.24, 2.45) is 0 Å². The van der Waals surface area contributed by atoms with Gasteiger partial charge in [0.05, 0.1) is 24.1 Å². The van der Waals surface area contributed by atoms with Gasteiger partial charge in [-0.05, 0) is 55.5 Å². The predicted molar refractivity (Wildman–Crippen MR) is 118 cm³/mol. The molecule has 0 amide bonds. The molecule has 0 fully saturated rings. The molecule has 0 aliphatic heterocycles. The highest BCUT2D eigenvalue weighted by Gasteiger charge is 2.15. The number of fused-ring (bicyclic) bond motifs is 1. The van der Waals surface area contributed by atoms with Gasteiger partial charge in [0.2, 0.25) is 0 Å². The van der Waals surface area contributed by atoms with E-state index in [1.54, 1.807) is 45.9 Å². The number of nitrogens with two attached hydrogens (primary N) is 1. The summed E-state index contributed by atoms with van der Waals surface area (Å²) in [5, 5.41) is 26.3. The van der Waals surface area contributed by atoms with E-state index >= 15 is 0 Å². The predicted octanol–water partition coefficient (Wildman–Crippen LogP) is 3.58. The van der Waals surface area contributed by atoms with Crippen LogP contribution in [-0.4, -0.2) is 34.7 Å². The molecule has 4 N–H and O–H groups in total. The number of benzene rings is 2. The van der Waals surface area contributed by atoms with E-state index in [1.165, 1.54) is 18.2 Å². The number of rotatable bonds is 5. The molecule has 0 saturated carbocycles. The third-order valence-corrected chi connectivity index (χ3v) is 5.07. The van der Waals surface area contributed by atoms with Gasteiger partial charge in [-0.3, -0.25) is 0 Å². The second-order valence-electron chi connectivity index (χ2n) is 7.34. The van der Waals surface area contributed by atoms with E-state index in [2.05, 4.69) is 25.7 Å². The largest absolute Gasteiger partial charge is 0.508 e. The first-order valence-electron chi connectivity index (χ1n) is 9.86. The Morgan fingerprint density at radius 2 is 2.00 bits per heavy atom. The normalized spacial score (nSPS) is 12.2. The molecule has 0 radical (unpaired) electrons. The Balaban J connectivity index is 1.46. The summed E-state index contributed by atoms with van der Waals surface area (Å²) in [5.41, 5.74) is 9.58. The van der Waals surface area contributed by atoms with Crippen molar-refractivity contribution in [1.29, 1.82) is 0 Å². The van der Waals surface area contributed by atoms with Crippen LogP contribution in [0.4, 0.5) is 15.9 Å². The van der Waals surface area contributed by atoms with Crippen LogP contribution in [0.3, 0.4) is 0 Å². The van der Waals surface area contributed by atoms with Crippen LogP contribution in [0.1, 0.15) is 18.5 Å². The zero-order valence-electron chi connectivity index (χ0n) is 17.0. The molecule has 32 heavy (non-hydrogen) atoms. The van der Waals surface area contributed by atoms with Crippen LogP contribution in [-0.2, 0) is 0 Å². The first-order chi connectivity index (χ1) is 15.5. The van der Waals surface area contributed by atoms with Crippen molar-refractivity contribution in [1.82, 2.24) is 29.6 Å². The fourth-order valence-electron chi connectivity index (χ4n) is 3.47. The van der Waals surface area contributed by atoms with E-state index in [0.29, 0.717) is 34.1 Å². The molecular weight excluding hydrogens is 411 g/mol. The fraction of sp³-hybridized carbons (Fsp3) is 0.0909. The highest BCUT2D eigenvalue weighted by molar-refractivity contribution is 5.60. The highest BCUT2D eigenvalue weighted by atomic mass is 19.1. The lowest BCUT2D eigenvalue weighted by atomic mass is 10.1. The van der Waals surface area contributed by atoms with Gasteiger partial charge < -0.3 is 16.2 Å². The number of imidazole rings is 1. The molecule has 10 heteroatoms. The maximum absolute atomic E-state index is 13.6. The van der Waals surface area contributed by atoms with E-state index in [4.69, 9.17) is 5.73 Å². The summed E-state index contributed by atoms with van der Waals surface area (Å²) in [6.07, 6.45) is 3.44. The first kappa shape index (κ1) is 19.5. The molecule has 1 atom stereocenters. The standard InChI is InChI=1S/C22H19FN8O/c1-13(17-9-14(23)5-6-20(17)32)26-21-7-8-22-25-11-19(31(22)28-21)18-12-30(29-27-18)16-4-2-3-15(24)10-16/h2-13,32H,24H2,1H3,(H,26,28)/t13-/m1/s1. The van der Waals surface area contributed by atoms with Crippen molar-refractivity contribution in [2.75, 3.05) is 11.1 Å². The first-order valence-corrected chi connectivity index (χ1v) is 9.86. The lowest BCUT2D eigenvalue weighted by Crippen LogP contribution is -2.10. The number of hydrogen-bond acceptors (Lipinski definition) is 7. The number of aromatic hydroxyl groups is 1. The molecule has 2 aromatic carbocycles. The minimum Gasteiger partial charge on any atom is -0.508 e. The highest BCUT2D eigenvalue weighted by Crippen LogP contribution is 2.27. The van der Waals surface area contributed by atoms with Crippen molar-refractivity contribution in [2.45, 2.75) is 13.0 Å². The second kappa shape index (κ2) is 7.65.